The van der Waals surface area contributed by atoms with Crippen molar-refractivity contribution in [3.8, 4) is 5.88 Å². The lowest BCUT2D eigenvalue weighted by molar-refractivity contribution is -0.137. The second-order valence-corrected chi connectivity index (χ2v) is 6.33. The van der Waals surface area contributed by atoms with Crippen molar-refractivity contribution in [3.63, 3.8) is 0 Å². The molecule has 3 unspecified atom stereocenters. The molecule has 3 atom stereocenters. The van der Waals surface area contributed by atoms with Gasteiger partial charge < -0.3 is 24.8 Å². The van der Waals surface area contributed by atoms with Gasteiger partial charge >= 0.3 is 5.97 Å². The first-order chi connectivity index (χ1) is 12.7. The number of aromatic nitrogens is 1. The van der Waals surface area contributed by atoms with Crippen LogP contribution in [0, 0.1) is 13.5 Å². The number of carbonyl (C=O) groups is 1. The molecular formula is C18H22N2O7. The SMILES string of the molecule is [C-]#[N+]c1c(C)c(C=C2CC(OC)C(O)CC2OC)c(=O)n(CC(=O)O)c1O. The molecule has 2 rings (SSSR count). The van der Waals surface area contributed by atoms with E-state index in [1.54, 1.807) is 0 Å². The number of hydrogen-bond acceptors (Lipinski definition) is 6. The standard InChI is InChI=1S/C18H22N2O7/c1-9-11(5-10-6-14(27-4)12(21)7-13(10)26-3)17(24)20(8-15(22)23)18(25)16(9)19-2/h5,12-14,21,25H,6-8H2,1,3-4H3,(H,22,23). The van der Waals surface area contributed by atoms with Gasteiger partial charge in [-0.2, -0.15) is 0 Å². The van der Waals surface area contributed by atoms with Crippen LogP contribution in [0.15, 0.2) is 10.4 Å². The number of carboxylic acids is 1. The van der Waals surface area contributed by atoms with Crippen molar-refractivity contribution in [2.75, 3.05) is 14.2 Å². The molecule has 1 aliphatic rings. The van der Waals surface area contributed by atoms with E-state index in [2.05, 4.69) is 4.85 Å². The molecule has 1 aromatic rings. The maximum atomic E-state index is 12.8. The van der Waals surface area contributed by atoms with Crippen LogP contribution >= 0.6 is 0 Å². The second kappa shape index (κ2) is 8.35. The first-order valence-corrected chi connectivity index (χ1v) is 8.24. The summed E-state index contributed by atoms with van der Waals surface area (Å²) in [7, 11) is 2.96. The van der Waals surface area contributed by atoms with Crippen LogP contribution in [0.1, 0.15) is 24.0 Å². The number of aliphatic hydroxyl groups is 1. The summed E-state index contributed by atoms with van der Waals surface area (Å²) in [4.78, 5) is 27.1. The average Bonchev–Trinajstić information content (AvgIpc) is 2.63. The summed E-state index contributed by atoms with van der Waals surface area (Å²) in [6.07, 6.45) is 0.473. The molecule has 0 bridgehead atoms. The first kappa shape index (κ1) is 20.6. The third kappa shape index (κ3) is 4.03. The Kier molecular flexibility index (Phi) is 6.38. The van der Waals surface area contributed by atoms with Crippen molar-refractivity contribution < 1.29 is 29.6 Å². The summed E-state index contributed by atoms with van der Waals surface area (Å²) in [6.45, 7) is 8.01. The Morgan fingerprint density at radius 2 is 2.07 bits per heavy atom. The van der Waals surface area contributed by atoms with Crippen molar-refractivity contribution in [2.45, 2.75) is 44.6 Å². The topological polar surface area (TPSA) is 123 Å². The zero-order valence-corrected chi connectivity index (χ0v) is 15.3. The van der Waals surface area contributed by atoms with E-state index in [-0.39, 0.29) is 23.2 Å². The minimum atomic E-state index is -1.32. The van der Waals surface area contributed by atoms with Crippen molar-refractivity contribution in [2.24, 2.45) is 0 Å². The predicted molar refractivity (Wildman–Crippen MR) is 95.8 cm³/mol. The number of ether oxygens (including phenoxy) is 2. The third-order valence-corrected chi connectivity index (χ3v) is 4.76. The molecule has 0 amide bonds. The van der Waals surface area contributed by atoms with Crippen molar-refractivity contribution in [1.29, 1.82) is 0 Å². The fourth-order valence-electron chi connectivity index (χ4n) is 3.26. The molecule has 3 N–H and O–H groups in total. The van der Waals surface area contributed by atoms with Gasteiger partial charge in [0.15, 0.2) is 5.88 Å². The molecule has 1 aliphatic carbocycles. The summed E-state index contributed by atoms with van der Waals surface area (Å²) < 4.78 is 11.3. The average molecular weight is 378 g/mol. The highest BCUT2D eigenvalue weighted by atomic mass is 16.5. The highest BCUT2D eigenvalue weighted by Gasteiger charge is 2.33. The largest absolute Gasteiger partial charge is 0.503 e. The Morgan fingerprint density at radius 1 is 1.41 bits per heavy atom. The lowest BCUT2D eigenvalue weighted by atomic mass is 9.86. The molecule has 0 aromatic carbocycles. The van der Waals surface area contributed by atoms with Crippen molar-refractivity contribution in [3.05, 3.63) is 38.5 Å². The van der Waals surface area contributed by atoms with E-state index in [1.165, 1.54) is 27.2 Å². The number of aromatic hydroxyl groups is 1. The van der Waals surface area contributed by atoms with E-state index < -0.39 is 42.3 Å². The predicted octanol–water partition coefficient (Wildman–Crippen LogP) is 1.07. The Hall–Kier alpha value is -2.67. The fourth-order valence-corrected chi connectivity index (χ4v) is 3.26. The van der Waals surface area contributed by atoms with E-state index >= 15 is 0 Å². The van der Waals surface area contributed by atoms with Crippen molar-refractivity contribution >= 4 is 17.7 Å². The molecule has 0 spiro atoms. The minimum Gasteiger partial charge on any atom is -0.503 e. The monoisotopic (exact) mass is 378 g/mol. The summed E-state index contributed by atoms with van der Waals surface area (Å²) in [6, 6.07) is 0. The number of rotatable bonds is 5. The molecule has 0 aliphatic heterocycles. The van der Waals surface area contributed by atoms with Gasteiger partial charge in [-0.25, -0.2) is 4.85 Å². The van der Waals surface area contributed by atoms with Gasteiger partial charge in [0.1, 0.15) is 6.54 Å². The zero-order valence-electron chi connectivity index (χ0n) is 15.3. The van der Waals surface area contributed by atoms with E-state index in [4.69, 9.17) is 21.2 Å². The van der Waals surface area contributed by atoms with Gasteiger partial charge in [-0.3, -0.25) is 14.2 Å². The lowest BCUT2D eigenvalue weighted by Crippen LogP contribution is -2.39. The van der Waals surface area contributed by atoms with Gasteiger partial charge in [-0.15, -0.1) is 0 Å². The van der Waals surface area contributed by atoms with Gasteiger partial charge in [0, 0.05) is 26.2 Å². The Labute approximate surface area is 155 Å². The van der Waals surface area contributed by atoms with Crippen LogP contribution in [-0.2, 0) is 20.8 Å². The van der Waals surface area contributed by atoms with Crippen LogP contribution in [0.25, 0.3) is 10.9 Å². The van der Waals surface area contributed by atoms with Crippen molar-refractivity contribution in [1.82, 2.24) is 4.57 Å². The number of nitrogens with zero attached hydrogens (tertiary/aromatic N) is 2. The highest BCUT2D eigenvalue weighted by molar-refractivity contribution is 5.72. The maximum absolute atomic E-state index is 12.8. The molecule has 27 heavy (non-hydrogen) atoms. The molecule has 1 fully saturated rings. The third-order valence-electron chi connectivity index (χ3n) is 4.76. The van der Waals surface area contributed by atoms with Crippen LogP contribution in [0.3, 0.4) is 0 Å². The molecule has 1 aromatic heterocycles. The second-order valence-electron chi connectivity index (χ2n) is 6.33. The van der Waals surface area contributed by atoms with Gasteiger partial charge in [0.25, 0.3) is 5.56 Å². The molecular weight excluding hydrogens is 356 g/mol. The summed E-state index contributed by atoms with van der Waals surface area (Å²) in [5.41, 5.74) is 0.122. The number of methoxy groups -OCH3 is 2. The molecule has 1 saturated carbocycles. The summed E-state index contributed by atoms with van der Waals surface area (Å²) in [5, 5.41) is 29.2. The number of carboxylic acid groups (broad SMARTS) is 1. The van der Waals surface area contributed by atoms with Crippen LogP contribution < -0.4 is 5.56 Å². The molecule has 9 heteroatoms. The van der Waals surface area contributed by atoms with E-state index in [0.717, 1.165) is 0 Å². The first-order valence-electron chi connectivity index (χ1n) is 8.24. The van der Waals surface area contributed by atoms with Gasteiger partial charge in [0.05, 0.1) is 24.9 Å². The Balaban J connectivity index is 2.66. The quantitative estimate of drug-likeness (QED) is 0.655. The normalized spacial score (nSPS) is 24.0. The van der Waals surface area contributed by atoms with Gasteiger partial charge in [-0.1, -0.05) is 0 Å². The molecule has 0 saturated heterocycles. The summed E-state index contributed by atoms with van der Waals surface area (Å²) in [5.74, 6) is -1.99. The number of aliphatic hydroxyl groups excluding tert-OH is 1. The fraction of sp³-hybridized carbons (Fsp3) is 0.500. The molecule has 1 heterocycles. The highest BCUT2D eigenvalue weighted by Crippen LogP contribution is 2.34. The van der Waals surface area contributed by atoms with Crippen LogP contribution in [-0.4, -0.2) is 58.4 Å². The maximum Gasteiger partial charge on any atom is 0.323 e. The Morgan fingerprint density at radius 3 is 2.59 bits per heavy atom. The van der Waals surface area contributed by atoms with E-state index in [0.29, 0.717) is 16.6 Å². The van der Waals surface area contributed by atoms with Crippen LogP contribution in [0.5, 0.6) is 5.88 Å². The van der Waals surface area contributed by atoms with Crippen LogP contribution in [0.2, 0.25) is 0 Å². The van der Waals surface area contributed by atoms with Crippen LogP contribution in [0.4, 0.5) is 5.69 Å². The molecule has 9 nitrogen and oxygen atoms in total. The molecule has 0 radical (unpaired) electrons. The smallest absolute Gasteiger partial charge is 0.323 e. The number of pyridine rings is 1. The van der Waals surface area contributed by atoms with Gasteiger partial charge in [0.2, 0.25) is 5.69 Å². The van der Waals surface area contributed by atoms with E-state index in [1.807, 2.05) is 0 Å². The minimum absolute atomic E-state index is 0.100. The van der Waals surface area contributed by atoms with E-state index in [9.17, 15) is 19.8 Å². The number of aliphatic carboxylic acids is 1. The number of hydrogen-bond donors (Lipinski definition) is 3. The lowest BCUT2D eigenvalue weighted by Gasteiger charge is -2.34. The Bertz CT molecular complexity index is 866. The zero-order chi connectivity index (χ0) is 20.3. The molecule has 146 valence electrons. The van der Waals surface area contributed by atoms with Gasteiger partial charge in [-0.05, 0) is 30.6 Å². The summed E-state index contributed by atoms with van der Waals surface area (Å²) >= 11 is 0.